The molecule has 0 spiro atoms. The Morgan fingerprint density at radius 1 is 0.900 bits per heavy atom. The van der Waals surface area contributed by atoms with Gasteiger partial charge in [-0.05, 0) is 40.7 Å². The lowest BCUT2D eigenvalue weighted by atomic mass is 9.86. The molecule has 2 aromatic rings. The number of methoxy groups -OCH3 is 1. The first kappa shape index (κ1) is 23.1. The number of amides is 1. The first-order valence-corrected chi connectivity index (χ1v) is 9.88. The van der Waals surface area contributed by atoms with Gasteiger partial charge in [0.2, 0.25) is 0 Å². The minimum atomic E-state index is -0.414. The van der Waals surface area contributed by atoms with Crippen LogP contribution in [-0.2, 0) is 37.4 Å². The molecule has 0 saturated heterocycles. The van der Waals surface area contributed by atoms with Gasteiger partial charge in [0.15, 0.2) is 6.61 Å². The van der Waals surface area contributed by atoms with E-state index in [1.165, 1.54) is 12.7 Å². The maximum absolute atomic E-state index is 11.9. The van der Waals surface area contributed by atoms with Gasteiger partial charge in [-0.15, -0.1) is 0 Å². The van der Waals surface area contributed by atoms with Crippen LogP contribution in [0.5, 0.6) is 0 Å². The molecule has 0 unspecified atom stereocenters. The molecule has 2 rings (SSSR count). The summed E-state index contributed by atoms with van der Waals surface area (Å²) < 4.78 is 9.68. The summed E-state index contributed by atoms with van der Waals surface area (Å²) >= 11 is 0. The number of hydrogen-bond donors (Lipinski definition) is 1. The van der Waals surface area contributed by atoms with Crippen molar-refractivity contribution in [3.05, 3.63) is 70.8 Å². The molecule has 160 valence electrons. The van der Waals surface area contributed by atoms with E-state index in [0.29, 0.717) is 12.0 Å². The van der Waals surface area contributed by atoms with Crippen LogP contribution in [0, 0.1) is 0 Å². The third-order valence-electron chi connectivity index (χ3n) is 4.67. The zero-order chi connectivity index (χ0) is 22.1. The van der Waals surface area contributed by atoms with E-state index in [2.05, 4.69) is 43.0 Å². The molecule has 0 aliphatic rings. The topological polar surface area (TPSA) is 81.7 Å². The van der Waals surface area contributed by atoms with Gasteiger partial charge in [0.1, 0.15) is 0 Å². The molecule has 0 radical (unpaired) electrons. The second kappa shape index (κ2) is 10.6. The smallest absolute Gasteiger partial charge is 0.337 e. The molecular weight excluding hydrogens is 382 g/mol. The van der Waals surface area contributed by atoms with Crippen molar-refractivity contribution in [1.82, 2.24) is 5.32 Å². The number of ether oxygens (including phenoxy) is 2. The lowest BCUT2D eigenvalue weighted by molar-refractivity contribution is -0.148. The first-order chi connectivity index (χ1) is 14.2. The van der Waals surface area contributed by atoms with E-state index >= 15 is 0 Å². The van der Waals surface area contributed by atoms with Gasteiger partial charge in [0.05, 0.1) is 12.7 Å². The molecule has 6 heteroatoms. The monoisotopic (exact) mass is 411 g/mol. The van der Waals surface area contributed by atoms with Crippen molar-refractivity contribution in [2.75, 3.05) is 13.7 Å². The van der Waals surface area contributed by atoms with Gasteiger partial charge >= 0.3 is 11.9 Å². The van der Waals surface area contributed by atoms with E-state index < -0.39 is 11.9 Å². The van der Waals surface area contributed by atoms with E-state index in [1.807, 2.05) is 12.1 Å². The van der Waals surface area contributed by atoms with Crippen molar-refractivity contribution >= 4 is 17.8 Å². The number of carbonyl (C=O) groups is 3. The highest BCUT2D eigenvalue weighted by Crippen LogP contribution is 2.22. The Balaban J connectivity index is 1.69. The second-order valence-electron chi connectivity index (χ2n) is 8.07. The van der Waals surface area contributed by atoms with Crippen LogP contribution in [-0.4, -0.2) is 31.6 Å². The fourth-order valence-electron chi connectivity index (χ4n) is 2.76. The molecule has 1 amide bonds. The van der Waals surface area contributed by atoms with Crippen LogP contribution in [0.1, 0.15) is 54.2 Å². The van der Waals surface area contributed by atoms with Crippen molar-refractivity contribution in [3.8, 4) is 0 Å². The van der Waals surface area contributed by atoms with Crippen molar-refractivity contribution in [1.29, 1.82) is 0 Å². The number of aryl methyl sites for hydroxylation is 1. The standard InChI is InChI=1S/C24H29NO5/c1-24(2,3)20-12-7-17(8-13-20)9-14-22(27)30-16-21(26)25-15-18-5-10-19(11-6-18)23(28)29-4/h5-8,10-13H,9,14-16H2,1-4H3,(H,25,26). The minimum absolute atomic E-state index is 0.0915. The largest absolute Gasteiger partial charge is 0.465 e. The summed E-state index contributed by atoms with van der Waals surface area (Å²) in [5.74, 6) is -1.20. The third kappa shape index (κ3) is 7.35. The number of rotatable bonds is 8. The van der Waals surface area contributed by atoms with Crippen molar-refractivity contribution < 1.29 is 23.9 Å². The lowest BCUT2D eigenvalue weighted by Crippen LogP contribution is -2.28. The van der Waals surface area contributed by atoms with E-state index in [4.69, 9.17) is 4.74 Å². The molecule has 0 aliphatic heterocycles. The van der Waals surface area contributed by atoms with Crippen LogP contribution in [0.4, 0.5) is 0 Å². The molecule has 0 bridgehead atoms. The molecular formula is C24H29NO5. The van der Waals surface area contributed by atoms with Gasteiger partial charge in [-0.2, -0.15) is 0 Å². The highest BCUT2D eigenvalue weighted by molar-refractivity contribution is 5.89. The molecule has 0 aromatic heterocycles. The van der Waals surface area contributed by atoms with Crippen molar-refractivity contribution in [2.45, 2.75) is 45.6 Å². The van der Waals surface area contributed by atoms with Crippen LogP contribution < -0.4 is 5.32 Å². The summed E-state index contributed by atoms with van der Waals surface area (Å²) in [6.07, 6.45) is 0.786. The predicted octanol–water partition coefficient (Wildman–Crippen LogP) is 3.56. The summed E-state index contributed by atoms with van der Waals surface area (Å²) in [4.78, 5) is 35.2. The Morgan fingerprint density at radius 3 is 2.07 bits per heavy atom. The van der Waals surface area contributed by atoms with E-state index in [1.54, 1.807) is 24.3 Å². The number of nitrogens with one attached hydrogen (secondary N) is 1. The number of carbonyl (C=O) groups excluding carboxylic acids is 3. The Hall–Kier alpha value is -3.15. The van der Waals surface area contributed by atoms with Gasteiger partial charge in [-0.25, -0.2) is 4.79 Å². The molecule has 2 aromatic carbocycles. The summed E-state index contributed by atoms with van der Waals surface area (Å²) in [6, 6.07) is 14.9. The number of hydrogen-bond acceptors (Lipinski definition) is 5. The van der Waals surface area contributed by atoms with E-state index in [9.17, 15) is 14.4 Å². The zero-order valence-corrected chi connectivity index (χ0v) is 18.0. The third-order valence-corrected chi connectivity index (χ3v) is 4.67. The van der Waals surface area contributed by atoms with E-state index in [0.717, 1.165) is 11.1 Å². The molecule has 0 fully saturated rings. The fraction of sp³-hybridized carbons (Fsp3) is 0.375. The highest BCUT2D eigenvalue weighted by atomic mass is 16.5. The maximum Gasteiger partial charge on any atom is 0.337 e. The summed E-state index contributed by atoms with van der Waals surface area (Å²) in [7, 11) is 1.32. The van der Waals surface area contributed by atoms with Gasteiger partial charge in [0.25, 0.3) is 5.91 Å². The van der Waals surface area contributed by atoms with Gasteiger partial charge in [0, 0.05) is 13.0 Å². The van der Waals surface area contributed by atoms with E-state index in [-0.39, 0.29) is 30.9 Å². The van der Waals surface area contributed by atoms with Crippen LogP contribution in [0.2, 0.25) is 0 Å². The molecule has 30 heavy (non-hydrogen) atoms. The SMILES string of the molecule is COC(=O)c1ccc(CNC(=O)COC(=O)CCc2ccc(C(C)(C)C)cc2)cc1. The number of benzene rings is 2. The van der Waals surface area contributed by atoms with Crippen LogP contribution in [0.25, 0.3) is 0 Å². The predicted molar refractivity (Wildman–Crippen MR) is 114 cm³/mol. The summed E-state index contributed by atoms with van der Waals surface area (Å²) in [5.41, 5.74) is 3.65. The molecule has 0 aliphatic carbocycles. The summed E-state index contributed by atoms with van der Waals surface area (Å²) in [5, 5.41) is 2.68. The van der Waals surface area contributed by atoms with Gasteiger partial charge < -0.3 is 14.8 Å². The number of esters is 2. The summed E-state index contributed by atoms with van der Waals surface area (Å²) in [6.45, 7) is 6.42. The van der Waals surface area contributed by atoms with Crippen molar-refractivity contribution in [3.63, 3.8) is 0 Å². The first-order valence-electron chi connectivity index (χ1n) is 9.88. The average molecular weight is 411 g/mol. The second-order valence-corrected chi connectivity index (χ2v) is 8.07. The molecule has 0 atom stereocenters. The Morgan fingerprint density at radius 2 is 1.50 bits per heavy atom. The minimum Gasteiger partial charge on any atom is -0.465 e. The lowest BCUT2D eigenvalue weighted by Gasteiger charge is -2.19. The van der Waals surface area contributed by atoms with Gasteiger partial charge in [-0.3, -0.25) is 9.59 Å². The maximum atomic E-state index is 11.9. The fourth-order valence-corrected chi connectivity index (χ4v) is 2.76. The molecule has 1 N–H and O–H groups in total. The zero-order valence-electron chi connectivity index (χ0n) is 18.0. The molecule has 6 nitrogen and oxygen atoms in total. The molecule has 0 heterocycles. The Labute approximate surface area is 177 Å². The van der Waals surface area contributed by atoms with Crippen LogP contribution >= 0.6 is 0 Å². The van der Waals surface area contributed by atoms with Crippen LogP contribution in [0.15, 0.2) is 48.5 Å². The van der Waals surface area contributed by atoms with Crippen molar-refractivity contribution in [2.24, 2.45) is 0 Å². The average Bonchev–Trinajstić information content (AvgIpc) is 2.74. The molecule has 0 saturated carbocycles. The normalized spacial score (nSPS) is 10.9. The van der Waals surface area contributed by atoms with Crippen LogP contribution in [0.3, 0.4) is 0 Å². The Bertz CT molecular complexity index is 864. The Kier molecular flexibility index (Phi) is 8.16. The highest BCUT2D eigenvalue weighted by Gasteiger charge is 2.13. The quantitative estimate of drug-likeness (QED) is 0.672. The van der Waals surface area contributed by atoms with Gasteiger partial charge in [-0.1, -0.05) is 57.2 Å².